The fourth-order valence-electron chi connectivity index (χ4n) is 1.97. The summed E-state index contributed by atoms with van der Waals surface area (Å²) in [5, 5.41) is 0. The summed E-state index contributed by atoms with van der Waals surface area (Å²) < 4.78 is 49.9. The Morgan fingerprint density at radius 2 is 2.05 bits per heavy atom. The third-order valence-corrected chi connectivity index (χ3v) is 3.08. The lowest BCUT2D eigenvalue weighted by Gasteiger charge is -2.22. The third kappa shape index (κ3) is 4.56. The van der Waals surface area contributed by atoms with Crippen molar-refractivity contribution in [3.05, 3.63) is 29.8 Å². The van der Waals surface area contributed by atoms with Gasteiger partial charge in [0.25, 0.3) is 0 Å². The Labute approximate surface area is 113 Å². The zero-order valence-corrected chi connectivity index (χ0v) is 10.7. The highest BCUT2D eigenvalue weighted by Gasteiger charge is 2.37. The van der Waals surface area contributed by atoms with Gasteiger partial charge in [0.2, 0.25) is 0 Å². The minimum Gasteiger partial charge on any atom is -0.292 e. The maximum absolute atomic E-state index is 12.7. The Hall–Kier alpha value is -1.50. The Morgan fingerprint density at radius 3 is 2.55 bits per heavy atom. The first-order valence-corrected chi connectivity index (χ1v) is 6.31. The highest BCUT2D eigenvalue weighted by Crippen LogP contribution is 2.30. The van der Waals surface area contributed by atoms with E-state index in [9.17, 15) is 22.4 Å². The van der Waals surface area contributed by atoms with Crippen LogP contribution in [0.3, 0.4) is 0 Å². The molecule has 2 rings (SSSR count). The van der Waals surface area contributed by atoms with Crippen molar-refractivity contribution >= 4 is 5.78 Å². The van der Waals surface area contributed by atoms with Crippen LogP contribution in [-0.4, -0.2) is 41.0 Å². The number of carbonyl (C=O) groups excluding carboxylic acids is 1. The molecule has 110 valence electrons. The number of rotatable bonds is 6. The number of nitrogens with zero attached hydrogens (tertiary/aromatic N) is 2. The van der Waals surface area contributed by atoms with Gasteiger partial charge < -0.3 is 0 Å². The molecule has 1 aromatic heterocycles. The van der Waals surface area contributed by atoms with E-state index in [-0.39, 0.29) is 30.5 Å². The maximum Gasteiger partial charge on any atom is 0.401 e. The summed E-state index contributed by atoms with van der Waals surface area (Å²) in [5.41, 5.74) is 0.0779. The van der Waals surface area contributed by atoms with Gasteiger partial charge >= 0.3 is 6.18 Å². The molecule has 1 fully saturated rings. The first-order chi connectivity index (χ1) is 9.35. The van der Waals surface area contributed by atoms with E-state index in [1.165, 1.54) is 11.0 Å². The van der Waals surface area contributed by atoms with Gasteiger partial charge in [-0.1, -0.05) is 0 Å². The molecule has 0 aromatic carbocycles. The van der Waals surface area contributed by atoms with Gasteiger partial charge in [0.1, 0.15) is 11.5 Å². The standard InChI is InChI=1S/C13H14F4N2O/c14-9-1-4-11(18-7-9)12(20)5-6-19(10-2-3-10)8-13(15,16)17/h1,4,7,10H,2-3,5-6,8H2. The normalized spacial score (nSPS) is 15.7. The number of hydrogen-bond donors (Lipinski definition) is 0. The largest absolute Gasteiger partial charge is 0.401 e. The Balaban J connectivity index is 1.89. The summed E-state index contributed by atoms with van der Waals surface area (Å²) in [6, 6.07) is 2.27. The van der Waals surface area contributed by atoms with E-state index in [0.717, 1.165) is 25.1 Å². The first kappa shape index (κ1) is 14.9. The summed E-state index contributed by atoms with van der Waals surface area (Å²) in [7, 11) is 0. The molecule has 0 amide bonds. The molecule has 0 aliphatic heterocycles. The number of Topliss-reactive ketones (excluding diaryl/α,β-unsaturated/α-hetero) is 1. The van der Waals surface area contributed by atoms with Crippen LogP contribution in [0, 0.1) is 5.82 Å². The van der Waals surface area contributed by atoms with Gasteiger partial charge in [0, 0.05) is 19.0 Å². The molecular weight excluding hydrogens is 276 g/mol. The van der Waals surface area contributed by atoms with E-state index in [2.05, 4.69) is 4.98 Å². The Bertz CT molecular complexity index is 468. The zero-order chi connectivity index (χ0) is 14.8. The minimum absolute atomic E-state index is 0.0437. The van der Waals surface area contributed by atoms with E-state index in [0.29, 0.717) is 0 Å². The lowest BCUT2D eigenvalue weighted by Crippen LogP contribution is -2.37. The van der Waals surface area contributed by atoms with Crippen molar-refractivity contribution in [3.63, 3.8) is 0 Å². The van der Waals surface area contributed by atoms with Crippen molar-refractivity contribution in [1.29, 1.82) is 0 Å². The maximum atomic E-state index is 12.7. The lowest BCUT2D eigenvalue weighted by molar-refractivity contribution is -0.147. The molecule has 0 saturated heterocycles. The second kappa shape index (κ2) is 5.87. The van der Waals surface area contributed by atoms with E-state index in [1.807, 2.05) is 0 Å². The van der Waals surface area contributed by atoms with Gasteiger partial charge in [-0.3, -0.25) is 14.7 Å². The fourth-order valence-corrected chi connectivity index (χ4v) is 1.97. The molecule has 0 spiro atoms. The highest BCUT2D eigenvalue weighted by molar-refractivity contribution is 5.94. The van der Waals surface area contributed by atoms with Crippen molar-refractivity contribution in [2.75, 3.05) is 13.1 Å². The predicted octanol–water partition coefficient (Wildman–Crippen LogP) is 2.82. The minimum atomic E-state index is -4.26. The van der Waals surface area contributed by atoms with Gasteiger partial charge in [-0.05, 0) is 25.0 Å². The molecule has 1 heterocycles. The Kier molecular flexibility index (Phi) is 4.37. The molecule has 1 aliphatic carbocycles. The van der Waals surface area contributed by atoms with Gasteiger partial charge in [0.15, 0.2) is 5.78 Å². The summed E-state index contributed by atoms with van der Waals surface area (Å²) in [6.07, 6.45) is -1.93. The summed E-state index contributed by atoms with van der Waals surface area (Å²) >= 11 is 0. The average molecular weight is 290 g/mol. The summed E-state index contributed by atoms with van der Waals surface area (Å²) in [4.78, 5) is 16.7. The van der Waals surface area contributed by atoms with Crippen molar-refractivity contribution in [2.45, 2.75) is 31.5 Å². The molecule has 1 aromatic rings. The van der Waals surface area contributed by atoms with E-state index < -0.39 is 18.5 Å². The van der Waals surface area contributed by atoms with Crippen LogP contribution in [0.2, 0.25) is 0 Å². The van der Waals surface area contributed by atoms with Crippen LogP contribution in [-0.2, 0) is 0 Å². The van der Waals surface area contributed by atoms with Gasteiger partial charge in [-0.15, -0.1) is 0 Å². The van der Waals surface area contributed by atoms with Gasteiger partial charge in [-0.2, -0.15) is 13.2 Å². The highest BCUT2D eigenvalue weighted by atomic mass is 19.4. The van der Waals surface area contributed by atoms with E-state index in [1.54, 1.807) is 0 Å². The fraction of sp³-hybridized carbons (Fsp3) is 0.538. The molecule has 1 saturated carbocycles. The molecule has 20 heavy (non-hydrogen) atoms. The quantitative estimate of drug-likeness (QED) is 0.596. The zero-order valence-electron chi connectivity index (χ0n) is 10.7. The van der Waals surface area contributed by atoms with Gasteiger partial charge in [-0.25, -0.2) is 4.39 Å². The topological polar surface area (TPSA) is 33.2 Å². The number of carbonyl (C=O) groups is 1. The van der Waals surface area contributed by atoms with Crippen molar-refractivity contribution in [3.8, 4) is 0 Å². The van der Waals surface area contributed by atoms with Crippen LogP contribution < -0.4 is 0 Å². The molecule has 0 bridgehead atoms. The molecule has 0 unspecified atom stereocenters. The number of hydrogen-bond acceptors (Lipinski definition) is 3. The second-order valence-corrected chi connectivity index (χ2v) is 4.85. The van der Waals surface area contributed by atoms with Crippen molar-refractivity contribution < 1.29 is 22.4 Å². The molecule has 0 atom stereocenters. The van der Waals surface area contributed by atoms with Crippen LogP contribution in [0.1, 0.15) is 29.8 Å². The van der Waals surface area contributed by atoms with Crippen LogP contribution in [0.5, 0.6) is 0 Å². The number of aromatic nitrogens is 1. The first-order valence-electron chi connectivity index (χ1n) is 6.31. The van der Waals surface area contributed by atoms with Crippen molar-refractivity contribution in [1.82, 2.24) is 9.88 Å². The lowest BCUT2D eigenvalue weighted by atomic mass is 10.2. The monoisotopic (exact) mass is 290 g/mol. The van der Waals surface area contributed by atoms with E-state index >= 15 is 0 Å². The molecule has 7 heteroatoms. The molecule has 0 radical (unpaired) electrons. The number of halogens is 4. The molecular formula is C13H14F4N2O. The number of alkyl halides is 3. The smallest absolute Gasteiger partial charge is 0.292 e. The molecule has 3 nitrogen and oxygen atoms in total. The number of ketones is 1. The third-order valence-electron chi connectivity index (χ3n) is 3.08. The average Bonchev–Trinajstić information content (AvgIpc) is 3.17. The van der Waals surface area contributed by atoms with E-state index in [4.69, 9.17) is 0 Å². The molecule has 0 N–H and O–H groups in total. The van der Waals surface area contributed by atoms with Crippen molar-refractivity contribution in [2.24, 2.45) is 0 Å². The predicted molar refractivity (Wildman–Crippen MR) is 63.8 cm³/mol. The summed E-state index contributed by atoms with van der Waals surface area (Å²) in [5.74, 6) is -0.934. The second-order valence-electron chi connectivity index (χ2n) is 4.85. The van der Waals surface area contributed by atoms with Crippen LogP contribution in [0.25, 0.3) is 0 Å². The summed E-state index contributed by atoms with van der Waals surface area (Å²) in [6.45, 7) is -0.955. The van der Waals surface area contributed by atoms with Gasteiger partial charge in [0.05, 0.1) is 12.7 Å². The SMILES string of the molecule is O=C(CCN(CC(F)(F)F)C1CC1)c1ccc(F)cn1. The Morgan fingerprint density at radius 1 is 1.35 bits per heavy atom. The number of pyridine rings is 1. The van der Waals surface area contributed by atoms with Crippen LogP contribution in [0.15, 0.2) is 18.3 Å². The molecule has 1 aliphatic rings. The van der Waals surface area contributed by atoms with Crippen LogP contribution >= 0.6 is 0 Å². The van der Waals surface area contributed by atoms with Crippen LogP contribution in [0.4, 0.5) is 17.6 Å².